The molecule has 0 saturated heterocycles. The zero-order valence-electron chi connectivity index (χ0n) is 15.7. The van der Waals surface area contributed by atoms with E-state index in [0.717, 1.165) is 17.7 Å². The second-order valence-electron chi connectivity index (χ2n) is 5.81. The first kappa shape index (κ1) is 19.4. The summed E-state index contributed by atoms with van der Waals surface area (Å²) in [6.07, 6.45) is 0.932. The predicted octanol–water partition coefficient (Wildman–Crippen LogP) is 4.38. The molecule has 0 bridgehead atoms. The van der Waals surface area contributed by atoms with Gasteiger partial charge in [0, 0.05) is 11.8 Å². The number of hydrogen-bond donors (Lipinski definition) is 2. The SMILES string of the molecule is CCCOc1cccc(NC(=O)NC(C)c2ccc(OC)c(OC)c2)c1. The number of carbonyl (C=O) groups is 1. The second kappa shape index (κ2) is 9.56. The molecule has 6 nitrogen and oxygen atoms in total. The Hall–Kier alpha value is -2.89. The van der Waals surface area contributed by atoms with E-state index >= 15 is 0 Å². The normalized spacial score (nSPS) is 11.4. The van der Waals surface area contributed by atoms with Gasteiger partial charge in [0.25, 0.3) is 0 Å². The van der Waals surface area contributed by atoms with Gasteiger partial charge in [0.05, 0.1) is 26.9 Å². The third-order valence-corrected chi connectivity index (χ3v) is 3.82. The molecule has 2 N–H and O–H groups in total. The molecule has 2 amide bonds. The standard InChI is InChI=1S/C20H26N2O4/c1-5-11-26-17-8-6-7-16(13-17)22-20(23)21-14(2)15-9-10-18(24-3)19(12-15)25-4/h6-10,12-14H,5,11H2,1-4H3,(H2,21,22,23). The van der Waals surface area contributed by atoms with Crippen molar-refractivity contribution in [3.8, 4) is 17.2 Å². The van der Waals surface area contributed by atoms with Crippen LogP contribution in [0.2, 0.25) is 0 Å². The molecule has 2 rings (SSSR count). The molecule has 1 atom stereocenters. The van der Waals surface area contributed by atoms with Crippen LogP contribution in [0.1, 0.15) is 31.9 Å². The zero-order chi connectivity index (χ0) is 18.9. The van der Waals surface area contributed by atoms with Gasteiger partial charge < -0.3 is 24.8 Å². The van der Waals surface area contributed by atoms with Crippen LogP contribution < -0.4 is 24.8 Å². The summed E-state index contributed by atoms with van der Waals surface area (Å²) in [5.41, 5.74) is 1.59. The molecular formula is C20H26N2O4. The van der Waals surface area contributed by atoms with Crippen molar-refractivity contribution in [3.05, 3.63) is 48.0 Å². The lowest BCUT2D eigenvalue weighted by Crippen LogP contribution is -2.31. The van der Waals surface area contributed by atoms with Crippen LogP contribution in [0, 0.1) is 0 Å². The molecule has 0 aliphatic carbocycles. The van der Waals surface area contributed by atoms with Gasteiger partial charge in [-0.05, 0) is 43.2 Å². The monoisotopic (exact) mass is 358 g/mol. The minimum atomic E-state index is -0.292. The molecule has 26 heavy (non-hydrogen) atoms. The van der Waals surface area contributed by atoms with Crippen molar-refractivity contribution < 1.29 is 19.0 Å². The van der Waals surface area contributed by atoms with Crippen molar-refractivity contribution >= 4 is 11.7 Å². The van der Waals surface area contributed by atoms with Crippen LogP contribution in [0.25, 0.3) is 0 Å². The van der Waals surface area contributed by atoms with E-state index in [0.29, 0.717) is 23.8 Å². The van der Waals surface area contributed by atoms with Crippen molar-refractivity contribution in [3.63, 3.8) is 0 Å². The highest BCUT2D eigenvalue weighted by Gasteiger charge is 2.13. The van der Waals surface area contributed by atoms with Crippen LogP contribution in [0.15, 0.2) is 42.5 Å². The van der Waals surface area contributed by atoms with Crippen molar-refractivity contribution in [2.24, 2.45) is 0 Å². The van der Waals surface area contributed by atoms with Gasteiger partial charge in [-0.1, -0.05) is 19.1 Å². The van der Waals surface area contributed by atoms with Crippen molar-refractivity contribution in [2.75, 3.05) is 26.1 Å². The molecule has 0 aliphatic rings. The van der Waals surface area contributed by atoms with E-state index in [9.17, 15) is 4.79 Å². The maximum Gasteiger partial charge on any atom is 0.319 e. The van der Waals surface area contributed by atoms with Crippen LogP contribution in [0.5, 0.6) is 17.2 Å². The average Bonchev–Trinajstić information content (AvgIpc) is 2.65. The number of anilines is 1. The number of methoxy groups -OCH3 is 2. The van der Waals surface area contributed by atoms with E-state index < -0.39 is 0 Å². The second-order valence-corrected chi connectivity index (χ2v) is 5.81. The summed E-state index contributed by atoms with van der Waals surface area (Å²) in [4.78, 5) is 12.3. The van der Waals surface area contributed by atoms with Gasteiger partial charge >= 0.3 is 6.03 Å². The molecule has 0 aliphatic heterocycles. The first-order valence-corrected chi connectivity index (χ1v) is 8.59. The fourth-order valence-electron chi connectivity index (χ4n) is 2.45. The van der Waals surface area contributed by atoms with Gasteiger partial charge in [-0.2, -0.15) is 0 Å². The van der Waals surface area contributed by atoms with E-state index in [1.807, 2.05) is 50.2 Å². The predicted molar refractivity (Wildman–Crippen MR) is 102 cm³/mol. The quantitative estimate of drug-likeness (QED) is 0.735. The Bertz CT molecular complexity index is 734. The van der Waals surface area contributed by atoms with Crippen LogP contribution >= 0.6 is 0 Å². The third kappa shape index (κ3) is 5.31. The first-order valence-electron chi connectivity index (χ1n) is 8.59. The molecule has 2 aromatic rings. The molecule has 0 spiro atoms. The molecule has 0 saturated carbocycles. The fraction of sp³-hybridized carbons (Fsp3) is 0.350. The Morgan fingerprint density at radius 1 is 1.08 bits per heavy atom. The highest BCUT2D eigenvalue weighted by atomic mass is 16.5. The summed E-state index contributed by atoms with van der Waals surface area (Å²) < 4.78 is 16.1. The van der Waals surface area contributed by atoms with Gasteiger partial charge in [0.1, 0.15) is 5.75 Å². The molecule has 0 heterocycles. The summed E-state index contributed by atoms with van der Waals surface area (Å²) in [7, 11) is 3.17. The molecule has 1 unspecified atom stereocenters. The number of rotatable bonds is 8. The van der Waals surface area contributed by atoms with Gasteiger partial charge in [0.2, 0.25) is 0 Å². The Labute approximate surface area is 154 Å². The first-order chi connectivity index (χ1) is 12.6. The summed E-state index contributed by atoms with van der Waals surface area (Å²) in [5, 5.41) is 5.73. The van der Waals surface area contributed by atoms with Crippen LogP contribution in [0.4, 0.5) is 10.5 Å². The Kier molecular flexibility index (Phi) is 7.14. The number of hydrogen-bond acceptors (Lipinski definition) is 4. The van der Waals surface area contributed by atoms with E-state index in [1.54, 1.807) is 20.3 Å². The summed E-state index contributed by atoms with van der Waals surface area (Å²) in [6, 6.07) is 12.4. The summed E-state index contributed by atoms with van der Waals surface area (Å²) in [6.45, 7) is 4.60. The zero-order valence-corrected chi connectivity index (χ0v) is 15.7. The lowest BCUT2D eigenvalue weighted by molar-refractivity contribution is 0.249. The van der Waals surface area contributed by atoms with Crippen molar-refractivity contribution in [1.29, 1.82) is 0 Å². The van der Waals surface area contributed by atoms with Crippen molar-refractivity contribution in [2.45, 2.75) is 26.3 Å². The van der Waals surface area contributed by atoms with Gasteiger partial charge in [-0.3, -0.25) is 0 Å². The molecular weight excluding hydrogens is 332 g/mol. The number of ether oxygens (including phenoxy) is 3. The van der Waals surface area contributed by atoms with E-state index in [1.165, 1.54) is 0 Å². The largest absolute Gasteiger partial charge is 0.494 e. The summed E-state index contributed by atoms with van der Waals surface area (Å²) in [5.74, 6) is 2.01. The summed E-state index contributed by atoms with van der Waals surface area (Å²) >= 11 is 0. The smallest absolute Gasteiger partial charge is 0.319 e. The van der Waals surface area contributed by atoms with Crippen LogP contribution in [-0.2, 0) is 0 Å². The lowest BCUT2D eigenvalue weighted by atomic mass is 10.1. The topological polar surface area (TPSA) is 68.8 Å². The highest BCUT2D eigenvalue weighted by Crippen LogP contribution is 2.29. The average molecular weight is 358 g/mol. The van der Waals surface area contributed by atoms with Gasteiger partial charge in [0.15, 0.2) is 11.5 Å². The Morgan fingerprint density at radius 2 is 1.85 bits per heavy atom. The van der Waals surface area contributed by atoms with E-state index in [2.05, 4.69) is 10.6 Å². The maximum absolute atomic E-state index is 12.3. The van der Waals surface area contributed by atoms with E-state index in [-0.39, 0.29) is 12.1 Å². The third-order valence-electron chi connectivity index (χ3n) is 3.82. The number of urea groups is 1. The lowest BCUT2D eigenvalue weighted by Gasteiger charge is -2.17. The van der Waals surface area contributed by atoms with Crippen molar-refractivity contribution in [1.82, 2.24) is 5.32 Å². The highest BCUT2D eigenvalue weighted by molar-refractivity contribution is 5.89. The van der Waals surface area contributed by atoms with E-state index in [4.69, 9.17) is 14.2 Å². The number of benzene rings is 2. The molecule has 6 heteroatoms. The van der Waals surface area contributed by atoms with Crippen LogP contribution in [0.3, 0.4) is 0 Å². The minimum absolute atomic E-state index is 0.200. The molecule has 0 fully saturated rings. The van der Waals surface area contributed by atoms with Gasteiger partial charge in [-0.15, -0.1) is 0 Å². The molecule has 2 aromatic carbocycles. The fourth-order valence-corrected chi connectivity index (χ4v) is 2.45. The number of carbonyl (C=O) groups excluding carboxylic acids is 1. The minimum Gasteiger partial charge on any atom is -0.494 e. The molecule has 0 radical (unpaired) electrons. The molecule has 0 aromatic heterocycles. The number of nitrogens with one attached hydrogen (secondary N) is 2. The Morgan fingerprint density at radius 3 is 2.54 bits per heavy atom. The van der Waals surface area contributed by atoms with Gasteiger partial charge in [-0.25, -0.2) is 4.79 Å². The number of amides is 2. The van der Waals surface area contributed by atoms with Crippen LogP contribution in [-0.4, -0.2) is 26.9 Å². The maximum atomic E-state index is 12.3. The molecule has 140 valence electrons. The Balaban J connectivity index is 1.99.